The molecule has 2 heteroatoms. The summed E-state index contributed by atoms with van der Waals surface area (Å²) in [7, 11) is 0. The molecule has 20 heavy (non-hydrogen) atoms. The molecule has 0 saturated heterocycles. The van der Waals surface area contributed by atoms with Crippen LogP contribution in [0.2, 0.25) is 0 Å². The maximum atomic E-state index is 5.59. The summed E-state index contributed by atoms with van der Waals surface area (Å²) in [5, 5.41) is 3.87. The zero-order valence-corrected chi connectivity index (χ0v) is 13.0. The van der Waals surface area contributed by atoms with Gasteiger partial charge in [0.25, 0.3) is 0 Å². The van der Waals surface area contributed by atoms with Gasteiger partial charge in [-0.25, -0.2) is 0 Å². The molecule has 1 aromatic carbocycles. The highest BCUT2D eigenvalue weighted by Crippen LogP contribution is 2.32. The first kappa shape index (κ1) is 13.9. The fraction of sp³-hybridized carbons (Fsp3) is 0.667. The van der Waals surface area contributed by atoms with E-state index in [9.17, 15) is 0 Å². The second kappa shape index (κ2) is 5.77. The van der Waals surface area contributed by atoms with Gasteiger partial charge < -0.3 is 10.1 Å². The molecule has 1 N–H and O–H groups in total. The maximum Gasteiger partial charge on any atom is 0.122 e. The van der Waals surface area contributed by atoms with Gasteiger partial charge in [-0.05, 0) is 42.4 Å². The van der Waals surface area contributed by atoms with E-state index in [4.69, 9.17) is 4.74 Å². The van der Waals surface area contributed by atoms with E-state index in [2.05, 4.69) is 44.3 Å². The Morgan fingerprint density at radius 3 is 2.95 bits per heavy atom. The standard InChI is InChI=1S/C18H27NO/c1-12-5-4-6-17(13(12)2)19-14(3)15-7-8-18-16(11-15)9-10-20-18/h7-8,11-14,17,19H,4-6,9-10H2,1-3H3. The number of ether oxygens (including phenoxy) is 1. The van der Waals surface area contributed by atoms with Crippen LogP contribution in [0, 0.1) is 11.8 Å². The SMILES string of the molecule is CC(NC1CCCC(C)C1C)c1ccc2c(c1)CCO2. The average Bonchev–Trinajstić information content (AvgIpc) is 2.91. The normalized spacial score (nSPS) is 30.6. The van der Waals surface area contributed by atoms with Crippen LogP contribution >= 0.6 is 0 Å². The van der Waals surface area contributed by atoms with Crippen molar-refractivity contribution >= 4 is 0 Å². The lowest BCUT2D eigenvalue weighted by atomic mass is 9.77. The van der Waals surface area contributed by atoms with Crippen molar-refractivity contribution in [1.29, 1.82) is 0 Å². The lowest BCUT2D eigenvalue weighted by Crippen LogP contribution is -2.41. The molecule has 0 aromatic heterocycles. The van der Waals surface area contributed by atoms with Crippen molar-refractivity contribution in [3.05, 3.63) is 29.3 Å². The Labute approximate surface area is 122 Å². The molecule has 2 nitrogen and oxygen atoms in total. The summed E-state index contributed by atoms with van der Waals surface area (Å²) < 4.78 is 5.59. The van der Waals surface area contributed by atoms with Crippen molar-refractivity contribution in [1.82, 2.24) is 5.32 Å². The molecule has 1 fully saturated rings. The molecule has 1 saturated carbocycles. The minimum absolute atomic E-state index is 0.429. The molecule has 1 aliphatic carbocycles. The lowest BCUT2D eigenvalue weighted by molar-refractivity contribution is 0.196. The topological polar surface area (TPSA) is 21.3 Å². The van der Waals surface area contributed by atoms with E-state index in [0.29, 0.717) is 12.1 Å². The monoisotopic (exact) mass is 273 g/mol. The van der Waals surface area contributed by atoms with Crippen molar-refractivity contribution < 1.29 is 4.74 Å². The summed E-state index contributed by atoms with van der Waals surface area (Å²) in [6, 6.07) is 7.79. The summed E-state index contributed by atoms with van der Waals surface area (Å²) in [5.41, 5.74) is 2.78. The highest BCUT2D eigenvalue weighted by molar-refractivity contribution is 5.40. The van der Waals surface area contributed by atoms with Crippen LogP contribution in [0.1, 0.15) is 57.2 Å². The minimum Gasteiger partial charge on any atom is -0.493 e. The molecule has 1 aliphatic heterocycles. The van der Waals surface area contributed by atoms with E-state index in [-0.39, 0.29) is 0 Å². The maximum absolute atomic E-state index is 5.59. The van der Waals surface area contributed by atoms with Crippen LogP contribution in [0.15, 0.2) is 18.2 Å². The number of rotatable bonds is 3. The predicted molar refractivity (Wildman–Crippen MR) is 83.2 cm³/mol. The second-order valence-corrected chi connectivity index (χ2v) is 6.73. The fourth-order valence-corrected chi connectivity index (χ4v) is 3.71. The first-order valence-corrected chi connectivity index (χ1v) is 8.17. The van der Waals surface area contributed by atoms with Gasteiger partial charge in [0.2, 0.25) is 0 Å². The van der Waals surface area contributed by atoms with Crippen LogP contribution in [-0.2, 0) is 6.42 Å². The van der Waals surface area contributed by atoms with E-state index in [0.717, 1.165) is 30.6 Å². The first-order chi connectivity index (χ1) is 9.65. The molecule has 2 aliphatic rings. The van der Waals surface area contributed by atoms with Crippen molar-refractivity contribution in [3.8, 4) is 5.75 Å². The zero-order chi connectivity index (χ0) is 14.1. The predicted octanol–water partition coefficient (Wildman–Crippen LogP) is 4.10. The Balaban J connectivity index is 1.68. The van der Waals surface area contributed by atoms with Crippen LogP contribution < -0.4 is 10.1 Å². The third-order valence-electron chi connectivity index (χ3n) is 5.38. The average molecular weight is 273 g/mol. The zero-order valence-electron chi connectivity index (χ0n) is 13.0. The van der Waals surface area contributed by atoms with E-state index in [1.165, 1.54) is 30.4 Å². The summed E-state index contributed by atoms with van der Waals surface area (Å²) >= 11 is 0. The van der Waals surface area contributed by atoms with Crippen molar-refractivity contribution in [3.63, 3.8) is 0 Å². The smallest absolute Gasteiger partial charge is 0.122 e. The Morgan fingerprint density at radius 2 is 2.10 bits per heavy atom. The van der Waals surface area contributed by atoms with Gasteiger partial charge in [0.15, 0.2) is 0 Å². The van der Waals surface area contributed by atoms with Gasteiger partial charge >= 0.3 is 0 Å². The van der Waals surface area contributed by atoms with Crippen molar-refractivity contribution in [2.24, 2.45) is 11.8 Å². The summed E-state index contributed by atoms with van der Waals surface area (Å²) in [5.74, 6) is 2.71. The Kier molecular flexibility index (Phi) is 4.02. The van der Waals surface area contributed by atoms with Crippen LogP contribution in [0.3, 0.4) is 0 Å². The summed E-state index contributed by atoms with van der Waals surface area (Å²) in [6.45, 7) is 7.95. The lowest BCUT2D eigenvalue weighted by Gasteiger charge is -2.36. The van der Waals surface area contributed by atoms with Gasteiger partial charge in [-0.1, -0.05) is 38.8 Å². The molecule has 1 heterocycles. The Hall–Kier alpha value is -1.02. The van der Waals surface area contributed by atoms with Crippen LogP contribution in [0.25, 0.3) is 0 Å². The third kappa shape index (κ3) is 2.71. The van der Waals surface area contributed by atoms with E-state index in [1.54, 1.807) is 0 Å². The number of fused-ring (bicyclic) bond motifs is 1. The van der Waals surface area contributed by atoms with Crippen molar-refractivity contribution in [2.45, 2.75) is 58.5 Å². The molecule has 1 aromatic rings. The molecule has 0 spiro atoms. The Bertz CT molecular complexity index is 470. The molecule has 0 radical (unpaired) electrons. The number of nitrogens with one attached hydrogen (secondary N) is 1. The second-order valence-electron chi connectivity index (χ2n) is 6.73. The number of hydrogen-bond acceptors (Lipinski definition) is 2. The molecular weight excluding hydrogens is 246 g/mol. The molecule has 0 amide bonds. The number of benzene rings is 1. The third-order valence-corrected chi connectivity index (χ3v) is 5.38. The molecule has 4 unspecified atom stereocenters. The quantitative estimate of drug-likeness (QED) is 0.895. The van der Waals surface area contributed by atoms with Gasteiger partial charge in [0.05, 0.1) is 6.61 Å². The van der Waals surface area contributed by atoms with Crippen molar-refractivity contribution in [2.75, 3.05) is 6.61 Å². The molecule has 4 atom stereocenters. The minimum atomic E-state index is 0.429. The van der Waals surface area contributed by atoms with Crippen LogP contribution in [0.4, 0.5) is 0 Å². The van der Waals surface area contributed by atoms with Gasteiger partial charge in [-0.2, -0.15) is 0 Å². The van der Waals surface area contributed by atoms with E-state index < -0.39 is 0 Å². The van der Waals surface area contributed by atoms with Crippen LogP contribution in [-0.4, -0.2) is 12.6 Å². The van der Waals surface area contributed by atoms with Gasteiger partial charge in [-0.15, -0.1) is 0 Å². The molecule has 3 rings (SSSR count). The molecule has 0 bridgehead atoms. The highest BCUT2D eigenvalue weighted by atomic mass is 16.5. The van der Waals surface area contributed by atoms with Crippen LogP contribution in [0.5, 0.6) is 5.75 Å². The van der Waals surface area contributed by atoms with E-state index >= 15 is 0 Å². The summed E-state index contributed by atoms with van der Waals surface area (Å²) in [4.78, 5) is 0. The highest BCUT2D eigenvalue weighted by Gasteiger charge is 2.28. The van der Waals surface area contributed by atoms with E-state index in [1.807, 2.05) is 0 Å². The number of hydrogen-bond donors (Lipinski definition) is 1. The summed E-state index contributed by atoms with van der Waals surface area (Å²) in [6.07, 6.45) is 5.15. The fourth-order valence-electron chi connectivity index (χ4n) is 3.71. The molecule has 110 valence electrons. The molecular formula is C18H27NO. The van der Waals surface area contributed by atoms with Gasteiger partial charge in [0, 0.05) is 18.5 Å². The Morgan fingerprint density at radius 1 is 1.25 bits per heavy atom. The largest absolute Gasteiger partial charge is 0.493 e. The first-order valence-electron chi connectivity index (χ1n) is 8.17. The van der Waals surface area contributed by atoms with Gasteiger partial charge in [-0.3, -0.25) is 0 Å². The van der Waals surface area contributed by atoms with Gasteiger partial charge in [0.1, 0.15) is 5.75 Å².